The molecule has 0 fully saturated rings. The van der Waals surface area contributed by atoms with E-state index in [0.29, 0.717) is 26.3 Å². The maximum absolute atomic E-state index is 5.60. The molecule has 2 N–H and O–H groups in total. The van der Waals surface area contributed by atoms with E-state index in [-0.39, 0.29) is 0 Å². The Bertz CT molecular complexity index is 524. The third-order valence-electron chi connectivity index (χ3n) is 2.88. The van der Waals surface area contributed by atoms with Gasteiger partial charge >= 0.3 is 0 Å². The van der Waals surface area contributed by atoms with Gasteiger partial charge in [0.15, 0.2) is 5.96 Å². The van der Waals surface area contributed by atoms with Crippen LogP contribution in [-0.2, 0) is 17.9 Å². The van der Waals surface area contributed by atoms with Crippen LogP contribution in [0.2, 0.25) is 0 Å². The maximum Gasteiger partial charge on any atom is 0.191 e. The molecule has 1 aromatic heterocycles. The van der Waals surface area contributed by atoms with E-state index in [0.717, 1.165) is 11.7 Å². The van der Waals surface area contributed by atoms with Crippen molar-refractivity contribution in [2.45, 2.75) is 13.2 Å². The molecule has 0 aliphatic carbocycles. The minimum absolute atomic E-state index is 0.609. The van der Waals surface area contributed by atoms with Gasteiger partial charge in [0, 0.05) is 13.6 Å². The van der Waals surface area contributed by atoms with Crippen molar-refractivity contribution in [2.75, 3.05) is 20.2 Å². The third kappa shape index (κ3) is 5.71. The number of aliphatic imine (C=N–C) groups is 1. The predicted molar refractivity (Wildman–Crippen MR) is 83.0 cm³/mol. The minimum Gasteiger partial charge on any atom is -0.467 e. The summed E-state index contributed by atoms with van der Waals surface area (Å²) in [6.45, 7) is 2.56. The zero-order chi connectivity index (χ0) is 14.8. The van der Waals surface area contributed by atoms with Crippen LogP contribution in [0, 0.1) is 0 Å². The highest BCUT2D eigenvalue weighted by Crippen LogP contribution is 2.00. The monoisotopic (exact) mass is 287 g/mol. The van der Waals surface area contributed by atoms with E-state index in [2.05, 4.69) is 27.8 Å². The summed E-state index contributed by atoms with van der Waals surface area (Å²) in [6, 6.07) is 13.9. The SMILES string of the molecule is CN=C(NCCOCc1ccccc1)NCc1ccco1. The number of hydrogen-bond donors (Lipinski definition) is 2. The van der Waals surface area contributed by atoms with Gasteiger partial charge in [0.05, 0.1) is 26.0 Å². The van der Waals surface area contributed by atoms with Crippen LogP contribution in [0.25, 0.3) is 0 Å². The lowest BCUT2D eigenvalue weighted by atomic mass is 10.2. The molecule has 0 aliphatic heterocycles. The number of nitrogens with zero attached hydrogens (tertiary/aromatic N) is 1. The Balaban J connectivity index is 1.58. The van der Waals surface area contributed by atoms with Crippen LogP contribution in [0.3, 0.4) is 0 Å². The second kappa shape index (κ2) is 8.81. The number of guanidine groups is 1. The molecule has 0 atom stereocenters. The molecule has 0 unspecified atom stereocenters. The molecule has 1 aromatic carbocycles. The van der Waals surface area contributed by atoms with Crippen LogP contribution in [0.4, 0.5) is 0 Å². The first-order valence-electron chi connectivity index (χ1n) is 6.97. The normalized spacial score (nSPS) is 11.4. The molecule has 0 bridgehead atoms. The topological polar surface area (TPSA) is 58.8 Å². The van der Waals surface area contributed by atoms with Crippen molar-refractivity contribution in [1.82, 2.24) is 10.6 Å². The van der Waals surface area contributed by atoms with Gasteiger partial charge in [0.1, 0.15) is 5.76 Å². The largest absolute Gasteiger partial charge is 0.467 e. The van der Waals surface area contributed by atoms with Crippen molar-refractivity contribution in [1.29, 1.82) is 0 Å². The Morgan fingerprint density at radius 2 is 2.00 bits per heavy atom. The van der Waals surface area contributed by atoms with Crippen LogP contribution in [0.1, 0.15) is 11.3 Å². The highest BCUT2D eigenvalue weighted by molar-refractivity contribution is 5.79. The van der Waals surface area contributed by atoms with Crippen molar-refractivity contribution in [3.05, 3.63) is 60.1 Å². The fourth-order valence-electron chi connectivity index (χ4n) is 1.81. The Labute approximate surface area is 125 Å². The number of hydrogen-bond acceptors (Lipinski definition) is 3. The van der Waals surface area contributed by atoms with Gasteiger partial charge in [-0.05, 0) is 17.7 Å². The lowest BCUT2D eigenvalue weighted by Crippen LogP contribution is -2.38. The van der Waals surface area contributed by atoms with E-state index < -0.39 is 0 Å². The third-order valence-corrected chi connectivity index (χ3v) is 2.88. The lowest BCUT2D eigenvalue weighted by Gasteiger charge is -2.11. The van der Waals surface area contributed by atoms with Crippen molar-refractivity contribution < 1.29 is 9.15 Å². The molecule has 0 amide bonds. The summed E-state index contributed by atoms with van der Waals surface area (Å²) in [5.74, 6) is 1.60. The minimum atomic E-state index is 0.609. The summed E-state index contributed by atoms with van der Waals surface area (Å²) < 4.78 is 10.9. The van der Waals surface area contributed by atoms with Crippen LogP contribution in [0.5, 0.6) is 0 Å². The Morgan fingerprint density at radius 3 is 2.71 bits per heavy atom. The summed E-state index contributed by atoms with van der Waals surface area (Å²) >= 11 is 0. The highest BCUT2D eigenvalue weighted by atomic mass is 16.5. The van der Waals surface area contributed by atoms with Gasteiger partial charge in [-0.15, -0.1) is 0 Å². The van der Waals surface area contributed by atoms with E-state index in [1.54, 1.807) is 13.3 Å². The maximum atomic E-state index is 5.60. The van der Waals surface area contributed by atoms with Gasteiger partial charge in [-0.3, -0.25) is 4.99 Å². The van der Waals surface area contributed by atoms with Crippen molar-refractivity contribution in [3.63, 3.8) is 0 Å². The van der Waals surface area contributed by atoms with E-state index >= 15 is 0 Å². The number of rotatable bonds is 7. The molecular weight excluding hydrogens is 266 g/mol. The molecular formula is C16H21N3O2. The molecule has 112 valence electrons. The van der Waals surface area contributed by atoms with Gasteiger partial charge in [0.25, 0.3) is 0 Å². The van der Waals surface area contributed by atoms with Gasteiger partial charge < -0.3 is 19.8 Å². The first kappa shape index (κ1) is 15.1. The van der Waals surface area contributed by atoms with Gasteiger partial charge in [-0.2, -0.15) is 0 Å². The van der Waals surface area contributed by atoms with Gasteiger partial charge in [-0.25, -0.2) is 0 Å². The summed E-state index contributed by atoms with van der Waals surface area (Å²) in [7, 11) is 1.74. The van der Waals surface area contributed by atoms with Gasteiger partial charge in [0.2, 0.25) is 0 Å². The lowest BCUT2D eigenvalue weighted by molar-refractivity contribution is 0.125. The summed E-state index contributed by atoms with van der Waals surface area (Å²) in [4.78, 5) is 4.14. The first-order chi connectivity index (χ1) is 10.4. The highest BCUT2D eigenvalue weighted by Gasteiger charge is 1.99. The number of ether oxygens (including phenoxy) is 1. The summed E-state index contributed by atoms with van der Waals surface area (Å²) in [5.41, 5.74) is 1.18. The van der Waals surface area contributed by atoms with E-state index in [1.807, 2.05) is 30.3 Å². The zero-order valence-corrected chi connectivity index (χ0v) is 12.2. The van der Waals surface area contributed by atoms with E-state index in [9.17, 15) is 0 Å². The molecule has 0 aliphatic rings. The van der Waals surface area contributed by atoms with Crippen LogP contribution < -0.4 is 10.6 Å². The average Bonchev–Trinajstić information content (AvgIpc) is 3.04. The van der Waals surface area contributed by atoms with Crippen molar-refractivity contribution >= 4 is 5.96 Å². The molecule has 0 radical (unpaired) electrons. The quantitative estimate of drug-likeness (QED) is 0.465. The zero-order valence-electron chi connectivity index (χ0n) is 12.2. The molecule has 0 saturated heterocycles. The van der Waals surface area contributed by atoms with Crippen LogP contribution in [-0.4, -0.2) is 26.2 Å². The second-order valence-electron chi connectivity index (χ2n) is 4.47. The molecule has 2 rings (SSSR count). The number of benzene rings is 1. The first-order valence-corrected chi connectivity index (χ1v) is 6.97. The molecule has 0 spiro atoms. The fraction of sp³-hybridized carbons (Fsp3) is 0.312. The Kier molecular flexibility index (Phi) is 6.35. The predicted octanol–water partition coefficient (Wildman–Crippen LogP) is 2.16. The molecule has 21 heavy (non-hydrogen) atoms. The second-order valence-corrected chi connectivity index (χ2v) is 4.47. The molecule has 5 nitrogen and oxygen atoms in total. The van der Waals surface area contributed by atoms with Crippen LogP contribution in [0.15, 0.2) is 58.1 Å². The summed E-state index contributed by atoms with van der Waals surface area (Å²) in [5, 5.41) is 6.36. The number of nitrogens with one attached hydrogen (secondary N) is 2. The molecule has 0 saturated carbocycles. The van der Waals surface area contributed by atoms with E-state index in [4.69, 9.17) is 9.15 Å². The fourth-order valence-corrected chi connectivity index (χ4v) is 1.81. The van der Waals surface area contributed by atoms with Crippen molar-refractivity contribution in [3.8, 4) is 0 Å². The standard InChI is InChI=1S/C16H21N3O2/c1-17-16(19-12-15-8-5-10-21-15)18-9-11-20-13-14-6-3-2-4-7-14/h2-8,10H,9,11-13H2,1H3,(H2,17,18,19). The Morgan fingerprint density at radius 1 is 1.14 bits per heavy atom. The molecule has 2 aromatic rings. The molecule has 1 heterocycles. The smallest absolute Gasteiger partial charge is 0.191 e. The summed E-state index contributed by atoms with van der Waals surface area (Å²) in [6.07, 6.45) is 1.66. The number of furan rings is 1. The van der Waals surface area contributed by atoms with Gasteiger partial charge in [-0.1, -0.05) is 30.3 Å². The average molecular weight is 287 g/mol. The van der Waals surface area contributed by atoms with E-state index in [1.165, 1.54) is 5.56 Å². The van der Waals surface area contributed by atoms with Crippen LogP contribution >= 0.6 is 0 Å². The Hall–Kier alpha value is -2.27. The molecule has 5 heteroatoms. The van der Waals surface area contributed by atoms with Crippen molar-refractivity contribution in [2.24, 2.45) is 4.99 Å².